The van der Waals surface area contributed by atoms with Crippen LogP contribution in [0.3, 0.4) is 0 Å². The largest absolute Gasteiger partial charge is 0.507 e. The molecule has 0 unspecified atom stereocenters. The Labute approximate surface area is 464 Å². The molecule has 0 radical (unpaired) electrons. The van der Waals surface area contributed by atoms with Crippen LogP contribution in [0.2, 0.25) is 0 Å². The fourth-order valence-corrected chi connectivity index (χ4v) is 14.3. The van der Waals surface area contributed by atoms with Gasteiger partial charge in [-0.05, 0) is 83.2 Å². The molecule has 3 aromatic rings. The van der Waals surface area contributed by atoms with Crippen LogP contribution in [0.25, 0.3) is 0 Å². The minimum Gasteiger partial charge on any atom is -0.507 e. The number of hydrogen-bond acceptors (Lipinski definition) is 21. The number of likely N-dealkylation sites (tertiary alicyclic amines) is 1. The van der Waals surface area contributed by atoms with Crippen molar-refractivity contribution in [3.8, 4) is 17.2 Å². The van der Waals surface area contributed by atoms with E-state index in [0.29, 0.717) is 18.9 Å². The van der Waals surface area contributed by atoms with Crippen molar-refractivity contribution >= 4 is 29.1 Å². The molecule has 3 saturated heterocycles. The topological polar surface area (TPSA) is 335 Å². The number of aliphatic hydroxyl groups excluding tert-OH is 4. The molecule has 21 heteroatoms. The van der Waals surface area contributed by atoms with Crippen molar-refractivity contribution in [1.29, 1.82) is 0 Å². The Bertz CT molecular complexity index is 2920. The molecule has 15 atom stereocenters. The molecule has 10 N–H and O–H groups in total. The second-order valence-corrected chi connectivity index (χ2v) is 23.9. The van der Waals surface area contributed by atoms with Crippen LogP contribution in [0.1, 0.15) is 154 Å². The molecule has 3 aliphatic heterocycles. The van der Waals surface area contributed by atoms with E-state index in [-0.39, 0.29) is 40.8 Å². The maximum absolute atomic E-state index is 13.6. The number of nitrogens with two attached hydrogens (primary N) is 1. The number of rotatable bonds is 8. The monoisotopic (exact) mass is 1120 g/mol. The molecule has 5 fully saturated rings. The highest BCUT2D eigenvalue weighted by molar-refractivity contribution is 6.31. The molecule has 21 nitrogen and oxygen atoms in total. The zero-order chi connectivity index (χ0) is 59.0. The number of methoxy groups -OCH3 is 1. The van der Waals surface area contributed by atoms with E-state index in [4.69, 9.17) is 29.4 Å². The summed E-state index contributed by atoms with van der Waals surface area (Å²) < 4.78 is 28.8. The summed E-state index contributed by atoms with van der Waals surface area (Å²) >= 11 is 0. The number of pyridine rings is 1. The number of fused-ring (bicyclic) bond motifs is 6. The summed E-state index contributed by atoms with van der Waals surface area (Å²) in [6, 6.07) is 8.43. The predicted molar refractivity (Wildman–Crippen MR) is 285 cm³/mol. The van der Waals surface area contributed by atoms with Crippen LogP contribution < -0.4 is 10.5 Å². The van der Waals surface area contributed by atoms with E-state index < -0.39 is 159 Å². The Morgan fingerprint density at radius 1 is 0.950 bits per heavy atom. The summed E-state index contributed by atoms with van der Waals surface area (Å²) in [5.41, 5.74) is -3.27. The predicted octanol–water partition coefficient (Wildman–Crippen LogP) is 3.37. The lowest BCUT2D eigenvalue weighted by molar-refractivity contribution is -0.370. The third-order valence-electron chi connectivity index (χ3n) is 18.4. The van der Waals surface area contributed by atoms with E-state index >= 15 is 0 Å². The molecule has 0 bridgehead atoms. The Hall–Kier alpha value is -5.56. The van der Waals surface area contributed by atoms with E-state index in [1.807, 2.05) is 32.3 Å². The van der Waals surface area contributed by atoms with Crippen LogP contribution in [0.15, 0.2) is 55.4 Å². The highest BCUT2D eigenvalue weighted by Crippen LogP contribution is 2.67. The van der Waals surface area contributed by atoms with Crippen molar-refractivity contribution in [2.45, 2.75) is 177 Å². The molecule has 0 amide bonds. The van der Waals surface area contributed by atoms with Crippen molar-refractivity contribution < 1.29 is 88.5 Å². The average molecular weight is 1120 g/mol. The zero-order valence-electron chi connectivity index (χ0n) is 46.8. The molecule has 436 valence electrons. The number of carbonyl (C=O) groups is 5. The normalized spacial score (nSPS) is 36.9. The van der Waals surface area contributed by atoms with E-state index in [1.165, 1.54) is 70.2 Å². The first kappa shape index (κ1) is 60.5. The number of Topliss-reactive ketones (excluding diaryl/α,β-unsaturated/α-hetero) is 2. The Morgan fingerprint density at radius 3 is 2.23 bits per heavy atom. The SMILES string of the molecule is C=C[C@@]1(C)CC(=O)[C@]2(O)[C@@]3(C)[C@@H](O)CCC(C)(C)[C@@H]3[C@H](O)[C@H](OC(C)=O)[C@@]2(C)O1.CN1CCC[C@H]1c1cccnc1.COc1cccc2c1C(=O)c1c(O)c3c(c(O)c1C2=O)C[C@@](O)(C(=O)CO)C[C@@H]3O[C@H]1C[C@H](N)[C@@H](O)[C@H](C)O1. The van der Waals surface area contributed by atoms with Crippen molar-refractivity contribution in [3.05, 3.63) is 94.3 Å². The quantitative estimate of drug-likeness (QED) is 0.0694. The van der Waals surface area contributed by atoms with Crippen molar-refractivity contribution in [2.75, 3.05) is 27.3 Å². The smallest absolute Gasteiger partial charge is 0.303 e. The molecular formula is C59H77N3O18. The van der Waals surface area contributed by atoms with Crippen LogP contribution in [-0.2, 0) is 39.8 Å². The Morgan fingerprint density at radius 2 is 1.64 bits per heavy atom. The molecule has 80 heavy (non-hydrogen) atoms. The van der Waals surface area contributed by atoms with Crippen LogP contribution in [0, 0.1) is 16.7 Å². The number of aromatic hydroxyl groups is 2. The molecule has 2 aromatic carbocycles. The number of hydrogen-bond donors (Lipinski definition) is 9. The number of phenols is 2. The number of ketones is 4. The maximum atomic E-state index is 13.6. The number of carbonyl (C=O) groups excluding carboxylic acids is 5. The minimum atomic E-state index is -2.24. The molecule has 4 aliphatic carbocycles. The number of ether oxygens (including phenoxy) is 5. The van der Waals surface area contributed by atoms with Gasteiger partial charge in [0.05, 0.1) is 59.9 Å². The highest BCUT2D eigenvalue weighted by Gasteiger charge is 2.81. The number of phenolic OH excluding ortho intramolecular Hbond substituents is 2. The number of esters is 1. The van der Waals surface area contributed by atoms with Crippen molar-refractivity contribution in [2.24, 2.45) is 22.5 Å². The molecule has 1 aromatic heterocycles. The minimum absolute atomic E-state index is 0.0173. The van der Waals surface area contributed by atoms with Gasteiger partial charge in [-0.25, -0.2) is 0 Å². The summed E-state index contributed by atoms with van der Waals surface area (Å²) in [6.45, 7) is 15.4. The number of nitrogens with zero attached hydrogens (tertiary/aromatic N) is 2. The highest BCUT2D eigenvalue weighted by atomic mass is 16.7. The van der Waals surface area contributed by atoms with Gasteiger partial charge in [-0.3, -0.25) is 33.9 Å². The summed E-state index contributed by atoms with van der Waals surface area (Å²) in [6.07, 6.45) is -0.0110. The fraction of sp³-hybridized carbons (Fsp3) is 0.593. The third-order valence-corrected chi connectivity index (χ3v) is 18.4. The van der Waals surface area contributed by atoms with Gasteiger partial charge in [0.25, 0.3) is 0 Å². The fourth-order valence-electron chi connectivity index (χ4n) is 14.3. The summed E-state index contributed by atoms with van der Waals surface area (Å²) in [5.74, 6) is -5.65. The van der Waals surface area contributed by atoms with E-state index in [0.717, 1.165) is 0 Å². The van der Waals surface area contributed by atoms with Crippen LogP contribution in [-0.4, -0.2) is 172 Å². The van der Waals surface area contributed by atoms with Crippen LogP contribution >= 0.6 is 0 Å². The standard InChI is InChI=1S/C27H29NO11.C22H34O7.C10H14N2/c1-10-22(31)13(28)6-17(38-10)39-15-8-27(36,16(30)9-29)7-12-19(15)26(35)21-20(24(12)33)23(32)11-4-3-5-14(37-2)18(11)25(21)34;1-8-19(5)11-14(25)22(27)20(6)13(24)9-10-18(3,4)16(20)15(26)17(28-12(2)23)21(22,7)29-19;1-12-7-3-5-10(12)9-4-2-6-11-8-9/h3-5,10,13,15,17,22,29,31,33,35-36H,6-9,28H2,1-2H3;8,13,15-17,24,26-27H,1,9-11H2,2-7H3;2,4,6,8,10H,3,5,7H2,1H3/t10-,13-,15-,17-,22-,27-;13-,15-,16-,17-,19-,20-,21+,22-;10-/m000/s1. The van der Waals surface area contributed by atoms with Gasteiger partial charge in [-0.1, -0.05) is 45.0 Å². The summed E-state index contributed by atoms with van der Waals surface area (Å²) in [7, 11) is 3.51. The lowest BCUT2D eigenvalue weighted by Gasteiger charge is -2.71. The van der Waals surface area contributed by atoms with E-state index in [9.17, 15) is 64.8 Å². The van der Waals surface area contributed by atoms with Gasteiger partial charge in [0, 0.05) is 85.1 Å². The van der Waals surface area contributed by atoms with Gasteiger partial charge in [0.1, 0.15) is 35.1 Å². The molecular weight excluding hydrogens is 1040 g/mol. The lowest BCUT2D eigenvalue weighted by atomic mass is 9.40. The van der Waals surface area contributed by atoms with Gasteiger partial charge >= 0.3 is 5.97 Å². The summed E-state index contributed by atoms with van der Waals surface area (Å²) in [4.78, 5) is 71.8. The van der Waals surface area contributed by atoms with E-state index in [2.05, 4.69) is 29.6 Å². The molecule has 4 heterocycles. The van der Waals surface area contributed by atoms with Gasteiger partial charge in [-0.2, -0.15) is 0 Å². The number of aliphatic hydroxyl groups is 6. The van der Waals surface area contributed by atoms with Gasteiger partial charge in [-0.15, -0.1) is 6.58 Å². The zero-order valence-corrected chi connectivity index (χ0v) is 46.8. The first-order valence-electron chi connectivity index (χ1n) is 27.1. The average Bonchev–Trinajstić information content (AvgIpc) is 3.40. The Balaban J connectivity index is 0.000000179. The first-order valence-corrected chi connectivity index (χ1v) is 27.1. The number of aromatic nitrogens is 1. The first-order chi connectivity index (χ1) is 37.4. The molecule has 7 aliphatic rings. The van der Waals surface area contributed by atoms with Crippen molar-refractivity contribution in [3.63, 3.8) is 0 Å². The summed E-state index contributed by atoms with van der Waals surface area (Å²) in [5, 5.41) is 88.4. The molecule has 10 rings (SSSR count). The van der Waals surface area contributed by atoms with Gasteiger partial charge in [0.2, 0.25) is 5.78 Å². The van der Waals surface area contributed by atoms with E-state index in [1.54, 1.807) is 20.8 Å². The second kappa shape index (κ2) is 22.0. The van der Waals surface area contributed by atoms with Crippen LogP contribution in [0.4, 0.5) is 0 Å². The lowest BCUT2D eigenvalue weighted by Crippen LogP contribution is -2.86. The third kappa shape index (κ3) is 9.78. The van der Waals surface area contributed by atoms with Crippen LogP contribution in [0.5, 0.6) is 17.2 Å². The number of benzene rings is 2. The van der Waals surface area contributed by atoms with Crippen molar-refractivity contribution in [1.82, 2.24) is 9.88 Å². The van der Waals surface area contributed by atoms with Gasteiger partial charge < -0.3 is 70.3 Å². The maximum Gasteiger partial charge on any atom is 0.303 e. The molecule has 0 spiro atoms. The van der Waals surface area contributed by atoms with Gasteiger partial charge in [0.15, 0.2) is 35.3 Å². The second-order valence-electron chi connectivity index (χ2n) is 23.9. The Kier molecular flexibility index (Phi) is 16.6. The molecule has 2 saturated carbocycles.